The Morgan fingerprint density at radius 3 is 2.15 bits per heavy atom. The topological polar surface area (TPSA) is 39.9 Å². The van der Waals surface area contributed by atoms with Crippen molar-refractivity contribution in [2.75, 3.05) is 18.0 Å². The summed E-state index contributed by atoms with van der Waals surface area (Å²) in [7, 11) is 0. The summed E-state index contributed by atoms with van der Waals surface area (Å²) in [6.07, 6.45) is 2.21. The predicted molar refractivity (Wildman–Crippen MR) is 85.1 cm³/mol. The van der Waals surface area contributed by atoms with Crippen LogP contribution >= 0.6 is 11.6 Å². The van der Waals surface area contributed by atoms with E-state index < -0.39 is 0 Å². The second-order valence-electron chi connectivity index (χ2n) is 6.00. The van der Waals surface area contributed by atoms with Gasteiger partial charge in [0.1, 0.15) is 11.0 Å². The summed E-state index contributed by atoms with van der Waals surface area (Å²) in [5.74, 6) is 2.10. The minimum atomic E-state index is 0.387. The van der Waals surface area contributed by atoms with Crippen LogP contribution < -0.4 is 4.90 Å². The highest BCUT2D eigenvalue weighted by Crippen LogP contribution is 2.20. The lowest BCUT2D eigenvalue weighted by Gasteiger charge is -2.25. The van der Waals surface area contributed by atoms with E-state index in [1.165, 1.54) is 0 Å². The molecular formula is C16H24ClN3. The maximum atomic E-state index is 9.05. The Bertz CT molecular complexity index is 451. The van der Waals surface area contributed by atoms with Gasteiger partial charge in [-0.15, -0.1) is 0 Å². The first-order valence-corrected chi connectivity index (χ1v) is 7.62. The van der Waals surface area contributed by atoms with Gasteiger partial charge in [0.05, 0.1) is 11.6 Å². The van der Waals surface area contributed by atoms with Gasteiger partial charge < -0.3 is 4.90 Å². The zero-order valence-electron chi connectivity index (χ0n) is 12.9. The minimum absolute atomic E-state index is 0.387. The molecule has 0 aliphatic carbocycles. The van der Waals surface area contributed by atoms with Crippen LogP contribution in [-0.2, 0) is 0 Å². The van der Waals surface area contributed by atoms with Crippen molar-refractivity contribution in [2.24, 2.45) is 11.8 Å². The fraction of sp³-hybridized carbons (Fsp3) is 0.625. The zero-order valence-corrected chi connectivity index (χ0v) is 13.6. The molecule has 110 valence electrons. The average molecular weight is 294 g/mol. The van der Waals surface area contributed by atoms with E-state index in [2.05, 4.69) is 43.6 Å². The molecule has 0 bridgehead atoms. The van der Waals surface area contributed by atoms with E-state index in [9.17, 15) is 0 Å². The normalized spacial score (nSPS) is 10.9. The van der Waals surface area contributed by atoms with E-state index in [1.807, 2.05) is 6.07 Å². The van der Waals surface area contributed by atoms with Crippen molar-refractivity contribution in [1.82, 2.24) is 4.98 Å². The molecule has 0 aromatic carbocycles. The largest absolute Gasteiger partial charge is 0.357 e. The van der Waals surface area contributed by atoms with Crippen LogP contribution in [0.3, 0.4) is 0 Å². The summed E-state index contributed by atoms with van der Waals surface area (Å²) in [5.41, 5.74) is 0.569. The Morgan fingerprint density at radius 2 is 1.70 bits per heavy atom. The number of hydrogen-bond acceptors (Lipinski definition) is 3. The van der Waals surface area contributed by atoms with Crippen molar-refractivity contribution in [2.45, 2.75) is 40.5 Å². The molecule has 0 N–H and O–H groups in total. The number of aromatic nitrogens is 1. The molecule has 4 heteroatoms. The lowest BCUT2D eigenvalue weighted by molar-refractivity contribution is 0.533. The monoisotopic (exact) mass is 293 g/mol. The molecular weight excluding hydrogens is 270 g/mol. The van der Waals surface area contributed by atoms with E-state index in [-0.39, 0.29) is 0 Å². The molecule has 0 aliphatic rings. The lowest BCUT2D eigenvalue weighted by atomic mass is 10.1. The SMILES string of the molecule is CC(C)CCN(CCC(C)C)c1cc(C#N)cc(Cl)n1. The average Bonchev–Trinajstić information content (AvgIpc) is 2.37. The van der Waals surface area contributed by atoms with Crippen LogP contribution in [0.5, 0.6) is 0 Å². The molecule has 1 rings (SSSR count). The molecule has 1 aromatic rings. The molecule has 20 heavy (non-hydrogen) atoms. The minimum Gasteiger partial charge on any atom is -0.357 e. The molecule has 0 saturated heterocycles. The first kappa shape index (κ1) is 16.8. The fourth-order valence-corrected chi connectivity index (χ4v) is 2.08. The molecule has 0 atom stereocenters. The lowest BCUT2D eigenvalue weighted by Crippen LogP contribution is -2.28. The van der Waals surface area contributed by atoms with Crippen molar-refractivity contribution in [3.8, 4) is 6.07 Å². The van der Waals surface area contributed by atoms with Crippen LogP contribution in [0, 0.1) is 23.2 Å². The van der Waals surface area contributed by atoms with Crippen LogP contribution in [0.15, 0.2) is 12.1 Å². The van der Waals surface area contributed by atoms with Gasteiger partial charge in [0.2, 0.25) is 0 Å². The van der Waals surface area contributed by atoms with E-state index in [0.717, 1.165) is 31.7 Å². The maximum Gasteiger partial charge on any atom is 0.132 e. The van der Waals surface area contributed by atoms with Gasteiger partial charge in [0.25, 0.3) is 0 Å². The summed E-state index contributed by atoms with van der Waals surface area (Å²) in [5, 5.41) is 9.44. The van der Waals surface area contributed by atoms with Gasteiger partial charge in [-0.2, -0.15) is 5.26 Å². The quantitative estimate of drug-likeness (QED) is 0.695. The highest BCUT2D eigenvalue weighted by molar-refractivity contribution is 6.29. The Balaban J connectivity index is 2.90. The second kappa shape index (κ2) is 8.11. The van der Waals surface area contributed by atoms with Crippen molar-refractivity contribution in [1.29, 1.82) is 5.26 Å². The van der Waals surface area contributed by atoms with Gasteiger partial charge in [0.15, 0.2) is 0 Å². The standard InChI is InChI=1S/C16H24ClN3/c1-12(2)5-7-20(8-6-13(3)4)16-10-14(11-18)9-15(17)19-16/h9-10,12-13H,5-8H2,1-4H3. The zero-order chi connectivity index (χ0) is 15.1. The first-order chi connectivity index (χ1) is 9.42. The van der Waals surface area contributed by atoms with E-state index in [0.29, 0.717) is 22.6 Å². The highest BCUT2D eigenvalue weighted by Gasteiger charge is 2.12. The van der Waals surface area contributed by atoms with Crippen molar-refractivity contribution in [3.63, 3.8) is 0 Å². The first-order valence-electron chi connectivity index (χ1n) is 7.25. The van der Waals surface area contributed by atoms with Gasteiger partial charge >= 0.3 is 0 Å². The molecule has 3 nitrogen and oxygen atoms in total. The van der Waals surface area contributed by atoms with Gasteiger partial charge in [-0.25, -0.2) is 4.98 Å². The van der Waals surface area contributed by atoms with Gasteiger partial charge in [0, 0.05) is 13.1 Å². The van der Waals surface area contributed by atoms with Crippen LogP contribution in [0.2, 0.25) is 5.15 Å². The molecule has 0 saturated carbocycles. The van der Waals surface area contributed by atoms with E-state index in [1.54, 1.807) is 6.07 Å². The summed E-state index contributed by atoms with van der Waals surface area (Å²) >= 11 is 6.01. The van der Waals surface area contributed by atoms with Crippen LogP contribution in [-0.4, -0.2) is 18.1 Å². The Hall–Kier alpha value is -1.27. The summed E-state index contributed by atoms with van der Waals surface area (Å²) in [6.45, 7) is 10.8. The number of nitriles is 1. The third kappa shape index (κ3) is 5.79. The number of nitrogens with zero attached hydrogens (tertiary/aromatic N) is 3. The summed E-state index contributed by atoms with van der Waals surface area (Å²) in [6, 6.07) is 5.57. The number of anilines is 1. The van der Waals surface area contributed by atoms with E-state index in [4.69, 9.17) is 16.9 Å². The van der Waals surface area contributed by atoms with Crippen molar-refractivity contribution < 1.29 is 0 Å². The van der Waals surface area contributed by atoms with Crippen LogP contribution in [0.4, 0.5) is 5.82 Å². The second-order valence-corrected chi connectivity index (χ2v) is 6.39. The van der Waals surface area contributed by atoms with E-state index >= 15 is 0 Å². The number of pyridine rings is 1. The third-order valence-corrected chi connectivity index (χ3v) is 3.38. The molecule has 0 aliphatic heterocycles. The van der Waals surface area contributed by atoms with Crippen LogP contribution in [0.25, 0.3) is 0 Å². The van der Waals surface area contributed by atoms with Crippen molar-refractivity contribution >= 4 is 17.4 Å². The number of halogens is 1. The van der Waals surface area contributed by atoms with Crippen molar-refractivity contribution in [3.05, 3.63) is 22.8 Å². The molecule has 1 aromatic heterocycles. The molecule has 0 fully saturated rings. The summed E-state index contributed by atoms with van der Waals surface area (Å²) in [4.78, 5) is 6.62. The number of hydrogen-bond donors (Lipinski definition) is 0. The Morgan fingerprint density at radius 1 is 1.15 bits per heavy atom. The smallest absolute Gasteiger partial charge is 0.132 e. The molecule has 1 heterocycles. The molecule has 0 spiro atoms. The molecule has 0 radical (unpaired) electrons. The predicted octanol–water partition coefficient (Wildman–Crippen LogP) is 4.51. The van der Waals surface area contributed by atoms with Gasteiger partial charge in [-0.05, 0) is 36.8 Å². The number of rotatable bonds is 7. The Kier molecular flexibility index (Phi) is 6.81. The maximum absolute atomic E-state index is 9.05. The van der Waals surface area contributed by atoms with Gasteiger partial charge in [-0.1, -0.05) is 39.3 Å². The fourth-order valence-electron chi connectivity index (χ4n) is 1.88. The molecule has 0 amide bonds. The summed E-state index contributed by atoms with van der Waals surface area (Å²) < 4.78 is 0. The van der Waals surface area contributed by atoms with Gasteiger partial charge in [-0.3, -0.25) is 0 Å². The van der Waals surface area contributed by atoms with Crippen LogP contribution in [0.1, 0.15) is 46.1 Å². The molecule has 0 unspecified atom stereocenters. The Labute approximate surface area is 127 Å². The highest BCUT2D eigenvalue weighted by atomic mass is 35.5. The third-order valence-electron chi connectivity index (χ3n) is 3.19.